The van der Waals surface area contributed by atoms with Gasteiger partial charge in [0.05, 0.1) is 0 Å². The van der Waals surface area contributed by atoms with E-state index in [9.17, 15) is 0 Å². The van der Waals surface area contributed by atoms with Gasteiger partial charge in [-0.1, -0.05) is 19.9 Å². The van der Waals surface area contributed by atoms with E-state index in [0.717, 1.165) is 5.92 Å². The van der Waals surface area contributed by atoms with E-state index >= 15 is 0 Å². The molecule has 0 saturated carbocycles. The summed E-state index contributed by atoms with van der Waals surface area (Å²) in [4.78, 5) is 6.64. The van der Waals surface area contributed by atoms with E-state index < -0.39 is 0 Å². The van der Waals surface area contributed by atoms with Gasteiger partial charge in [0.25, 0.3) is 0 Å². The maximum Gasteiger partial charge on any atom is 0.0378 e. The molecule has 2 aliphatic rings. The van der Waals surface area contributed by atoms with E-state index in [1.165, 1.54) is 69.2 Å². The molecule has 1 N–H and O–H groups in total. The lowest BCUT2D eigenvalue weighted by Crippen LogP contribution is -2.48. The molecule has 3 nitrogen and oxygen atoms in total. The first kappa shape index (κ1) is 17.1. The van der Waals surface area contributed by atoms with Gasteiger partial charge in [0.2, 0.25) is 0 Å². The summed E-state index contributed by atoms with van der Waals surface area (Å²) in [6.45, 7) is 13.0. The minimum atomic E-state index is 0.645. The van der Waals surface area contributed by atoms with Gasteiger partial charge in [0, 0.05) is 48.6 Å². The van der Waals surface area contributed by atoms with E-state index in [1.54, 1.807) is 0 Å². The Kier molecular flexibility index (Phi) is 6.26. The molecule has 0 unspecified atom stereocenters. The van der Waals surface area contributed by atoms with Crippen LogP contribution in [0, 0.1) is 5.92 Å². The predicted octanol–water partition coefficient (Wildman–Crippen LogP) is 3.31. The van der Waals surface area contributed by atoms with Gasteiger partial charge in [-0.2, -0.15) is 0 Å². The minimum Gasteiger partial charge on any atom is -0.369 e. The Hall–Kier alpha value is -0.710. The molecule has 0 spiro atoms. The van der Waals surface area contributed by atoms with Crippen LogP contribution in [0.25, 0.3) is 0 Å². The molecule has 1 aromatic carbocycles. The molecule has 2 saturated heterocycles. The van der Waals surface area contributed by atoms with E-state index in [0.29, 0.717) is 5.25 Å². The Morgan fingerprint density at radius 3 is 2.57 bits per heavy atom. The first-order valence-electron chi connectivity index (χ1n) is 9.15. The summed E-state index contributed by atoms with van der Waals surface area (Å²) >= 11 is 1.96. The van der Waals surface area contributed by atoms with Crippen LogP contribution < -0.4 is 10.2 Å². The van der Waals surface area contributed by atoms with Crippen molar-refractivity contribution in [3.8, 4) is 0 Å². The van der Waals surface area contributed by atoms with Crippen LogP contribution in [0.3, 0.4) is 0 Å². The zero-order valence-corrected chi connectivity index (χ0v) is 15.4. The van der Waals surface area contributed by atoms with Gasteiger partial charge in [-0.05, 0) is 50.0 Å². The number of piperazine rings is 1. The minimum absolute atomic E-state index is 0.645. The van der Waals surface area contributed by atoms with Crippen molar-refractivity contribution >= 4 is 17.4 Å². The average Bonchev–Trinajstić information content (AvgIpc) is 2.56. The fourth-order valence-electron chi connectivity index (χ4n) is 3.64. The number of nitrogens with zero attached hydrogens (tertiary/aromatic N) is 2. The normalized spacial score (nSPS) is 21.1. The Morgan fingerprint density at radius 1 is 1.13 bits per heavy atom. The fourth-order valence-corrected chi connectivity index (χ4v) is 4.53. The van der Waals surface area contributed by atoms with Gasteiger partial charge in [0.1, 0.15) is 0 Å². The Balaban J connectivity index is 1.50. The molecular formula is C19H31N3S. The predicted molar refractivity (Wildman–Crippen MR) is 102 cm³/mol. The standard InChI is InChI=1S/C19H31N3S/c1-16(2)23-19-5-3-4-18(14-19)22-12-10-21(11-13-22)15-17-6-8-20-9-7-17/h3-5,14,16-17,20H,6-13,15H2,1-2H3. The van der Waals surface area contributed by atoms with E-state index in [2.05, 4.69) is 53.2 Å². The largest absolute Gasteiger partial charge is 0.369 e. The smallest absolute Gasteiger partial charge is 0.0378 e. The van der Waals surface area contributed by atoms with Crippen molar-refractivity contribution in [3.05, 3.63) is 24.3 Å². The van der Waals surface area contributed by atoms with Gasteiger partial charge in [0.15, 0.2) is 0 Å². The SMILES string of the molecule is CC(C)Sc1cccc(N2CCN(CC3CCNCC3)CC2)c1. The third kappa shape index (κ3) is 5.13. The molecule has 4 heteroatoms. The number of nitrogens with one attached hydrogen (secondary N) is 1. The molecule has 128 valence electrons. The quantitative estimate of drug-likeness (QED) is 0.833. The second kappa shape index (κ2) is 8.41. The average molecular weight is 334 g/mol. The van der Waals surface area contributed by atoms with Crippen molar-refractivity contribution in [1.82, 2.24) is 10.2 Å². The molecule has 0 bridgehead atoms. The van der Waals surface area contributed by atoms with E-state index in [-0.39, 0.29) is 0 Å². The summed E-state index contributed by atoms with van der Waals surface area (Å²) in [6, 6.07) is 9.09. The number of hydrogen-bond donors (Lipinski definition) is 1. The molecular weight excluding hydrogens is 302 g/mol. The highest BCUT2D eigenvalue weighted by Crippen LogP contribution is 2.27. The van der Waals surface area contributed by atoms with Crippen molar-refractivity contribution in [3.63, 3.8) is 0 Å². The van der Waals surface area contributed by atoms with Crippen LogP contribution in [0.4, 0.5) is 5.69 Å². The van der Waals surface area contributed by atoms with Crippen molar-refractivity contribution < 1.29 is 0 Å². The highest BCUT2D eigenvalue weighted by Gasteiger charge is 2.21. The molecule has 23 heavy (non-hydrogen) atoms. The molecule has 1 aromatic rings. The van der Waals surface area contributed by atoms with Crippen LogP contribution in [0.2, 0.25) is 0 Å². The second-order valence-electron chi connectivity index (χ2n) is 7.14. The lowest BCUT2D eigenvalue weighted by molar-refractivity contribution is 0.196. The van der Waals surface area contributed by atoms with Crippen LogP contribution in [-0.4, -0.2) is 56.0 Å². The number of rotatable bonds is 5. The second-order valence-corrected chi connectivity index (χ2v) is 8.79. The van der Waals surface area contributed by atoms with E-state index in [1.807, 2.05) is 11.8 Å². The fraction of sp³-hybridized carbons (Fsp3) is 0.684. The molecule has 2 aliphatic heterocycles. The molecule has 2 fully saturated rings. The Morgan fingerprint density at radius 2 is 1.87 bits per heavy atom. The number of benzene rings is 1. The summed E-state index contributed by atoms with van der Waals surface area (Å²) in [5.41, 5.74) is 1.40. The van der Waals surface area contributed by atoms with Crippen molar-refractivity contribution in [1.29, 1.82) is 0 Å². The Bertz CT molecular complexity index is 477. The molecule has 0 radical (unpaired) electrons. The molecule has 3 rings (SSSR count). The number of thioether (sulfide) groups is 1. The molecule has 2 heterocycles. The van der Waals surface area contributed by atoms with Gasteiger partial charge in [-0.15, -0.1) is 11.8 Å². The molecule has 0 aliphatic carbocycles. The van der Waals surface area contributed by atoms with Crippen molar-refractivity contribution in [2.24, 2.45) is 5.92 Å². The van der Waals surface area contributed by atoms with Gasteiger partial charge < -0.3 is 10.2 Å². The number of hydrogen-bond acceptors (Lipinski definition) is 4. The van der Waals surface area contributed by atoms with Gasteiger partial charge in [-0.3, -0.25) is 4.90 Å². The molecule has 0 atom stereocenters. The topological polar surface area (TPSA) is 18.5 Å². The molecule has 0 aromatic heterocycles. The Labute approximate surface area is 145 Å². The summed E-state index contributed by atoms with van der Waals surface area (Å²) in [5, 5.41) is 4.12. The van der Waals surface area contributed by atoms with Crippen LogP contribution in [0.15, 0.2) is 29.2 Å². The third-order valence-corrected chi connectivity index (χ3v) is 5.90. The first-order valence-corrected chi connectivity index (χ1v) is 10.0. The summed E-state index contributed by atoms with van der Waals surface area (Å²) in [6.07, 6.45) is 2.71. The number of anilines is 1. The van der Waals surface area contributed by atoms with Crippen LogP contribution in [-0.2, 0) is 0 Å². The van der Waals surface area contributed by atoms with Crippen LogP contribution in [0.1, 0.15) is 26.7 Å². The lowest BCUT2D eigenvalue weighted by Gasteiger charge is -2.38. The summed E-state index contributed by atoms with van der Waals surface area (Å²) in [7, 11) is 0. The number of piperidine rings is 1. The van der Waals surface area contributed by atoms with Crippen LogP contribution in [0.5, 0.6) is 0 Å². The zero-order valence-electron chi connectivity index (χ0n) is 14.6. The van der Waals surface area contributed by atoms with Crippen LogP contribution >= 0.6 is 11.8 Å². The third-order valence-electron chi connectivity index (χ3n) is 4.90. The summed E-state index contributed by atoms with van der Waals surface area (Å²) in [5.74, 6) is 0.911. The first-order chi connectivity index (χ1) is 11.2. The maximum atomic E-state index is 3.47. The van der Waals surface area contributed by atoms with Crippen molar-refractivity contribution in [2.75, 3.05) is 50.7 Å². The van der Waals surface area contributed by atoms with Gasteiger partial charge >= 0.3 is 0 Å². The van der Waals surface area contributed by atoms with E-state index in [4.69, 9.17) is 0 Å². The monoisotopic (exact) mass is 333 g/mol. The molecule has 0 amide bonds. The lowest BCUT2D eigenvalue weighted by atomic mass is 9.97. The highest BCUT2D eigenvalue weighted by molar-refractivity contribution is 7.99. The van der Waals surface area contributed by atoms with Gasteiger partial charge in [-0.25, -0.2) is 0 Å². The highest BCUT2D eigenvalue weighted by atomic mass is 32.2. The maximum absolute atomic E-state index is 3.47. The van der Waals surface area contributed by atoms with Crippen molar-refractivity contribution in [2.45, 2.75) is 36.8 Å². The summed E-state index contributed by atoms with van der Waals surface area (Å²) < 4.78 is 0. The zero-order chi connectivity index (χ0) is 16.1.